The van der Waals surface area contributed by atoms with E-state index >= 15 is 0 Å². The zero-order chi connectivity index (χ0) is 18.4. The van der Waals surface area contributed by atoms with Crippen LogP contribution in [-0.4, -0.2) is 29.1 Å². The highest BCUT2D eigenvalue weighted by molar-refractivity contribution is 5.94. The molecule has 1 aromatic heterocycles. The molecule has 6 nitrogen and oxygen atoms in total. The van der Waals surface area contributed by atoms with Crippen molar-refractivity contribution in [3.05, 3.63) is 41.2 Å². The number of aromatic hydroxyl groups is 1. The van der Waals surface area contributed by atoms with E-state index in [1.807, 2.05) is 29.2 Å². The van der Waals surface area contributed by atoms with Gasteiger partial charge in [-0.15, -0.1) is 0 Å². The lowest BCUT2D eigenvalue weighted by atomic mass is 9.84. The van der Waals surface area contributed by atoms with Gasteiger partial charge in [-0.1, -0.05) is 43.9 Å². The van der Waals surface area contributed by atoms with Gasteiger partial charge in [-0.3, -0.25) is 0 Å². The lowest BCUT2D eigenvalue weighted by Crippen LogP contribution is -2.43. The summed E-state index contributed by atoms with van der Waals surface area (Å²) in [6, 6.07) is 8.13. The third-order valence-electron chi connectivity index (χ3n) is 6.38. The number of carbonyl (C=O) groups is 1. The van der Waals surface area contributed by atoms with Crippen LogP contribution < -0.4 is 4.90 Å². The summed E-state index contributed by atoms with van der Waals surface area (Å²) in [5, 5.41) is 10.2. The van der Waals surface area contributed by atoms with Gasteiger partial charge < -0.3 is 19.2 Å². The number of hydrogen-bond donors (Lipinski definition) is 1. The number of carbonyl (C=O) groups excluding carboxylic acids is 1. The van der Waals surface area contributed by atoms with Crippen LogP contribution in [0.3, 0.4) is 0 Å². The van der Waals surface area contributed by atoms with Crippen LogP contribution in [0.15, 0.2) is 28.7 Å². The molecular weight excluding hydrogens is 344 g/mol. The van der Waals surface area contributed by atoms with Crippen LogP contribution in [-0.2, 0) is 16.8 Å². The summed E-state index contributed by atoms with van der Waals surface area (Å²) in [5.41, 5.74) is 1.14. The average molecular weight is 368 g/mol. The summed E-state index contributed by atoms with van der Waals surface area (Å²) in [6.45, 7) is 1.34. The molecule has 1 saturated carbocycles. The number of oxazole rings is 1. The Morgan fingerprint density at radius 3 is 2.70 bits per heavy atom. The standard InChI is InChI=1S/C21H24N2O4/c24-18-17(13-14-5-1-2-6-14)26-20(22-18)23-11-9-21(10-12-23)16-8-4-3-7-15(16)19(25)27-21/h3-4,7-8,14,24H,1-2,5-6,9-13H2. The van der Waals surface area contributed by atoms with E-state index in [1.54, 1.807) is 0 Å². The first-order valence-electron chi connectivity index (χ1n) is 9.91. The van der Waals surface area contributed by atoms with Gasteiger partial charge in [0.05, 0.1) is 5.56 Å². The number of nitrogens with zero attached hydrogens (tertiary/aromatic N) is 2. The highest BCUT2D eigenvalue weighted by Gasteiger charge is 2.47. The van der Waals surface area contributed by atoms with Crippen molar-refractivity contribution in [1.29, 1.82) is 0 Å². The molecule has 1 spiro atoms. The molecule has 1 N–H and O–H groups in total. The maximum absolute atomic E-state index is 12.2. The lowest BCUT2D eigenvalue weighted by Gasteiger charge is -2.37. The lowest BCUT2D eigenvalue weighted by molar-refractivity contribution is -0.0214. The average Bonchev–Trinajstić information content (AvgIpc) is 3.38. The summed E-state index contributed by atoms with van der Waals surface area (Å²) in [5.74, 6) is 0.993. The Hall–Kier alpha value is -2.50. The quantitative estimate of drug-likeness (QED) is 0.831. The van der Waals surface area contributed by atoms with Crippen molar-refractivity contribution in [3.8, 4) is 5.88 Å². The predicted molar refractivity (Wildman–Crippen MR) is 98.8 cm³/mol. The van der Waals surface area contributed by atoms with Gasteiger partial charge in [-0.2, -0.15) is 4.98 Å². The second-order valence-electron chi connectivity index (χ2n) is 8.01. The Morgan fingerprint density at radius 2 is 1.93 bits per heavy atom. The fourth-order valence-corrected chi connectivity index (χ4v) is 4.85. The zero-order valence-electron chi connectivity index (χ0n) is 15.3. The highest BCUT2D eigenvalue weighted by Crippen LogP contribution is 2.45. The Labute approximate surface area is 158 Å². The summed E-state index contributed by atoms with van der Waals surface area (Å²) >= 11 is 0. The molecule has 3 aliphatic rings. The molecule has 6 heteroatoms. The topological polar surface area (TPSA) is 75.8 Å². The normalized spacial score (nSPS) is 21.6. The molecule has 27 heavy (non-hydrogen) atoms. The number of anilines is 1. The molecule has 0 unspecified atom stereocenters. The van der Waals surface area contributed by atoms with Gasteiger partial charge in [0, 0.05) is 37.9 Å². The fraction of sp³-hybridized carbons (Fsp3) is 0.524. The predicted octanol–water partition coefficient (Wildman–Crippen LogP) is 3.78. The second-order valence-corrected chi connectivity index (χ2v) is 8.01. The van der Waals surface area contributed by atoms with E-state index in [4.69, 9.17) is 9.15 Å². The molecule has 2 aliphatic heterocycles. The summed E-state index contributed by atoms with van der Waals surface area (Å²) < 4.78 is 11.7. The van der Waals surface area contributed by atoms with Gasteiger partial charge in [0.2, 0.25) is 0 Å². The monoisotopic (exact) mass is 368 g/mol. The number of fused-ring (bicyclic) bond motifs is 2. The smallest absolute Gasteiger partial charge is 0.339 e. The van der Waals surface area contributed by atoms with Crippen LogP contribution in [0.25, 0.3) is 0 Å². The van der Waals surface area contributed by atoms with Crippen LogP contribution in [0.1, 0.15) is 60.2 Å². The molecule has 2 fully saturated rings. The molecule has 1 aromatic carbocycles. The number of esters is 1. The molecule has 2 aromatic rings. The minimum Gasteiger partial charge on any atom is -0.491 e. The van der Waals surface area contributed by atoms with E-state index in [9.17, 15) is 9.90 Å². The minimum absolute atomic E-state index is 0.0230. The van der Waals surface area contributed by atoms with Gasteiger partial charge in [-0.05, 0) is 12.0 Å². The molecule has 1 aliphatic carbocycles. The van der Waals surface area contributed by atoms with Crippen LogP contribution in [0.5, 0.6) is 5.88 Å². The van der Waals surface area contributed by atoms with E-state index in [0.717, 1.165) is 12.0 Å². The minimum atomic E-state index is -0.536. The summed E-state index contributed by atoms with van der Waals surface area (Å²) in [6.07, 6.45) is 7.08. The molecule has 1 saturated heterocycles. The number of benzene rings is 1. The molecule has 0 radical (unpaired) electrons. The van der Waals surface area contributed by atoms with E-state index in [0.29, 0.717) is 49.2 Å². The van der Waals surface area contributed by atoms with Crippen LogP contribution >= 0.6 is 0 Å². The van der Waals surface area contributed by atoms with E-state index in [2.05, 4.69) is 4.98 Å². The third-order valence-corrected chi connectivity index (χ3v) is 6.38. The first kappa shape index (κ1) is 16.7. The van der Waals surface area contributed by atoms with Gasteiger partial charge in [0.15, 0.2) is 5.76 Å². The van der Waals surface area contributed by atoms with Gasteiger partial charge in [0.1, 0.15) is 5.60 Å². The maximum Gasteiger partial charge on any atom is 0.339 e. The SMILES string of the molecule is O=C1OC2(CCN(c3nc(O)c(CC4CCCC4)o3)CC2)c2ccccc21. The fourth-order valence-electron chi connectivity index (χ4n) is 4.85. The molecule has 0 bridgehead atoms. The Kier molecular flexibility index (Phi) is 3.88. The maximum atomic E-state index is 12.2. The first-order valence-corrected chi connectivity index (χ1v) is 9.91. The second kappa shape index (κ2) is 6.29. The van der Waals surface area contributed by atoms with E-state index in [-0.39, 0.29) is 11.8 Å². The van der Waals surface area contributed by atoms with Crippen LogP contribution in [0.2, 0.25) is 0 Å². The Balaban J connectivity index is 1.31. The van der Waals surface area contributed by atoms with Crippen molar-refractivity contribution < 1.29 is 19.1 Å². The van der Waals surface area contributed by atoms with Crippen molar-refractivity contribution in [2.75, 3.05) is 18.0 Å². The van der Waals surface area contributed by atoms with Crippen molar-refractivity contribution in [3.63, 3.8) is 0 Å². The van der Waals surface area contributed by atoms with Crippen LogP contribution in [0.4, 0.5) is 6.01 Å². The number of piperidine rings is 1. The summed E-state index contributed by atoms with van der Waals surface area (Å²) in [7, 11) is 0. The first-order chi connectivity index (χ1) is 13.1. The van der Waals surface area contributed by atoms with Crippen molar-refractivity contribution >= 4 is 12.0 Å². The zero-order valence-corrected chi connectivity index (χ0v) is 15.3. The van der Waals surface area contributed by atoms with E-state index in [1.165, 1.54) is 25.7 Å². The van der Waals surface area contributed by atoms with Crippen molar-refractivity contribution in [2.24, 2.45) is 5.92 Å². The van der Waals surface area contributed by atoms with Crippen molar-refractivity contribution in [1.82, 2.24) is 4.98 Å². The van der Waals surface area contributed by atoms with Gasteiger partial charge in [0.25, 0.3) is 5.88 Å². The van der Waals surface area contributed by atoms with Crippen molar-refractivity contribution in [2.45, 2.75) is 50.5 Å². The van der Waals surface area contributed by atoms with Crippen LogP contribution in [0, 0.1) is 5.92 Å². The third kappa shape index (κ3) is 2.78. The highest BCUT2D eigenvalue weighted by atomic mass is 16.6. The Morgan fingerprint density at radius 1 is 1.19 bits per heavy atom. The molecule has 0 amide bonds. The number of rotatable bonds is 3. The summed E-state index contributed by atoms with van der Waals surface area (Å²) in [4.78, 5) is 18.5. The van der Waals surface area contributed by atoms with Gasteiger partial charge in [-0.25, -0.2) is 4.79 Å². The van der Waals surface area contributed by atoms with Gasteiger partial charge >= 0.3 is 12.0 Å². The largest absolute Gasteiger partial charge is 0.491 e. The number of hydrogen-bond acceptors (Lipinski definition) is 6. The number of aromatic nitrogens is 1. The number of ether oxygens (including phenoxy) is 1. The molecular formula is C21H24N2O4. The molecule has 0 atom stereocenters. The Bertz CT molecular complexity index is 861. The van der Waals surface area contributed by atoms with E-state index < -0.39 is 5.60 Å². The molecule has 5 rings (SSSR count). The molecule has 3 heterocycles. The molecule has 142 valence electrons.